The van der Waals surface area contributed by atoms with Gasteiger partial charge in [-0.2, -0.15) is 0 Å². The predicted molar refractivity (Wildman–Crippen MR) is 130 cm³/mol. The lowest BCUT2D eigenvalue weighted by molar-refractivity contribution is -0.686. The smallest absolute Gasteiger partial charge is 0.101 e. The van der Waals surface area contributed by atoms with E-state index in [-0.39, 0.29) is 0 Å². The predicted octanol–water partition coefficient (Wildman–Crippen LogP) is 1.45. The van der Waals surface area contributed by atoms with Gasteiger partial charge in [0, 0.05) is 22.3 Å². The molecule has 0 unspecified atom stereocenters. The molecule has 4 N–H and O–H groups in total. The molecule has 34 heavy (non-hydrogen) atoms. The molecule has 0 atom stereocenters. The van der Waals surface area contributed by atoms with Crippen molar-refractivity contribution in [2.45, 2.75) is 26.2 Å². The molecule has 0 bridgehead atoms. The Labute approximate surface area is 201 Å². The van der Waals surface area contributed by atoms with E-state index in [4.69, 9.17) is 15.0 Å². The van der Waals surface area contributed by atoms with Crippen molar-refractivity contribution in [1.29, 1.82) is 0 Å². The number of nitrogens with two attached hydrogens (primary N) is 2. The first-order valence-electron chi connectivity index (χ1n) is 11.3. The number of hydrogen-bond donors (Lipinski definition) is 2. The van der Waals surface area contributed by atoms with E-state index in [2.05, 4.69) is 132 Å². The fourth-order valence-corrected chi connectivity index (χ4v) is 3.27. The third-order valence-corrected chi connectivity index (χ3v) is 4.89. The third-order valence-electron chi connectivity index (χ3n) is 4.89. The van der Waals surface area contributed by atoms with Gasteiger partial charge in [0.05, 0.1) is 0 Å². The van der Waals surface area contributed by atoms with Gasteiger partial charge in [-0.3, -0.25) is 0 Å². The summed E-state index contributed by atoms with van der Waals surface area (Å²) in [6, 6.07) is 42.3. The van der Waals surface area contributed by atoms with E-state index in [0.717, 1.165) is 26.2 Å². The molecule has 0 spiro atoms. The second-order valence-electron chi connectivity index (χ2n) is 7.59. The van der Waals surface area contributed by atoms with Gasteiger partial charge < -0.3 is 25.6 Å². The maximum absolute atomic E-state index is 8.33. The van der Waals surface area contributed by atoms with E-state index in [1.807, 2.05) is 0 Å². The van der Waals surface area contributed by atoms with Gasteiger partial charge in [-0.05, 0) is 6.16 Å². The van der Waals surface area contributed by atoms with E-state index in [0.29, 0.717) is 0 Å². The van der Waals surface area contributed by atoms with Crippen molar-refractivity contribution in [3.05, 3.63) is 144 Å². The molecule has 0 saturated heterocycles. The number of carbonyl (C=O) groups excluding carboxylic acids is 1. The van der Waals surface area contributed by atoms with Crippen LogP contribution in [0.4, 0.5) is 4.79 Å². The minimum Gasteiger partial charge on any atom is -0.652 e. The number of carbonyl (C=O) groups is 1. The first-order chi connectivity index (χ1) is 16.6. The summed E-state index contributed by atoms with van der Waals surface area (Å²) in [6.45, 7) is 4.21. The maximum Gasteiger partial charge on any atom is 0.101 e. The molecule has 0 aliphatic rings. The molecule has 0 radical (unpaired) electrons. The highest BCUT2D eigenvalue weighted by atomic mass is 16.6. The highest BCUT2D eigenvalue weighted by Crippen LogP contribution is 1.98. The van der Waals surface area contributed by atoms with Gasteiger partial charge in [-0.25, -0.2) is 0 Å². The van der Waals surface area contributed by atoms with Crippen LogP contribution >= 0.6 is 0 Å². The van der Waals surface area contributed by atoms with Crippen molar-refractivity contribution in [1.82, 2.24) is 0 Å². The fourth-order valence-electron chi connectivity index (χ4n) is 3.27. The quantitative estimate of drug-likeness (QED) is 0.420. The van der Waals surface area contributed by atoms with Crippen LogP contribution in [0.15, 0.2) is 121 Å². The molecule has 176 valence electrons. The highest BCUT2D eigenvalue weighted by molar-refractivity contribution is 5.47. The van der Waals surface area contributed by atoms with Crippen molar-refractivity contribution in [3.63, 3.8) is 0 Å². The second-order valence-corrected chi connectivity index (χ2v) is 7.59. The van der Waals surface area contributed by atoms with Gasteiger partial charge in [0.2, 0.25) is 0 Å². The van der Waals surface area contributed by atoms with Crippen LogP contribution in [0, 0.1) is 0 Å². The van der Waals surface area contributed by atoms with Crippen LogP contribution in [0.2, 0.25) is 0 Å². The average Bonchev–Trinajstić information content (AvgIpc) is 2.87. The first-order valence-corrected chi connectivity index (χ1v) is 11.3. The van der Waals surface area contributed by atoms with Crippen LogP contribution in [0.5, 0.6) is 0 Å². The largest absolute Gasteiger partial charge is 0.652 e. The van der Waals surface area contributed by atoms with E-state index >= 15 is 0 Å². The number of quaternary nitrogens is 2. The summed E-state index contributed by atoms with van der Waals surface area (Å²) in [5, 5.41) is 21.3. The van der Waals surface area contributed by atoms with Crippen molar-refractivity contribution in [2.24, 2.45) is 0 Å². The summed E-state index contributed by atoms with van der Waals surface area (Å²) >= 11 is 0. The zero-order valence-electron chi connectivity index (χ0n) is 19.3. The van der Waals surface area contributed by atoms with Crippen LogP contribution in [-0.4, -0.2) is 6.16 Å². The fraction of sp³-hybridized carbons (Fsp3) is 0.138. The normalized spacial score (nSPS) is 9.65. The standard InChI is InChI=1S/2C14H15N.CH2O3/c2*1-3-7-13(8-4-1)11-15-12-14-9-5-2-6-10-14;2-1(3)4/h2*1-10,15H,11-12H2;(H2,2,3,4). The molecule has 5 nitrogen and oxygen atoms in total. The molecule has 0 aliphatic heterocycles. The monoisotopic (exact) mass is 456 g/mol. The Bertz CT molecular complexity index is 864. The zero-order valence-corrected chi connectivity index (χ0v) is 19.3. The minimum atomic E-state index is -2.33. The SMILES string of the molecule is O=C([O-])[O-].c1ccc(C[NH2+]Cc2ccccc2)cc1.c1ccc(C[NH2+]Cc2ccccc2)cc1. The summed E-state index contributed by atoms with van der Waals surface area (Å²) in [7, 11) is 0. The summed E-state index contributed by atoms with van der Waals surface area (Å²) in [5.41, 5.74) is 5.53. The van der Waals surface area contributed by atoms with Crippen LogP contribution in [0.1, 0.15) is 22.3 Å². The molecule has 4 rings (SSSR count). The van der Waals surface area contributed by atoms with Crippen molar-refractivity contribution >= 4 is 6.16 Å². The molecule has 0 aromatic heterocycles. The van der Waals surface area contributed by atoms with Gasteiger partial charge in [0.25, 0.3) is 0 Å². The lowest BCUT2D eigenvalue weighted by Gasteiger charge is -2.01. The topological polar surface area (TPSA) is 96.4 Å². The van der Waals surface area contributed by atoms with E-state index in [1.165, 1.54) is 22.3 Å². The second kappa shape index (κ2) is 16.7. The molecular formula is C29H32N2O3. The van der Waals surface area contributed by atoms with E-state index in [9.17, 15) is 0 Å². The Morgan fingerprint density at radius 3 is 0.794 bits per heavy atom. The van der Waals surface area contributed by atoms with Crippen LogP contribution in [0.25, 0.3) is 0 Å². The van der Waals surface area contributed by atoms with Gasteiger partial charge >= 0.3 is 0 Å². The summed E-state index contributed by atoms with van der Waals surface area (Å²) in [6.07, 6.45) is -2.33. The highest BCUT2D eigenvalue weighted by Gasteiger charge is 1.96. The first kappa shape index (κ1) is 26.3. The van der Waals surface area contributed by atoms with Crippen LogP contribution in [0.3, 0.4) is 0 Å². The molecule has 0 aliphatic carbocycles. The van der Waals surface area contributed by atoms with Crippen molar-refractivity contribution < 1.29 is 25.6 Å². The van der Waals surface area contributed by atoms with E-state index < -0.39 is 6.16 Å². The molecule has 5 heteroatoms. The average molecular weight is 457 g/mol. The summed E-state index contributed by atoms with van der Waals surface area (Å²) in [5.74, 6) is 0. The molecule has 0 heterocycles. The third kappa shape index (κ3) is 12.8. The van der Waals surface area contributed by atoms with Crippen LogP contribution in [-0.2, 0) is 26.2 Å². The zero-order chi connectivity index (χ0) is 24.3. The Hall–Kier alpha value is -3.93. The Kier molecular flexibility index (Phi) is 12.9. The van der Waals surface area contributed by atoms with Gasteiger partial charge in [-0.1, -0.05) is 121 Å². The van der Waals surface area contributed by atoms with Gasteiger partial charge in [0.1, 0.15) is 26.2 Å². The van der Waals surface area contributed by atoms with Crippen molar-refractivity contribution in [2.75, 3.05) is 0 Å². The lowest BCUT2D eigenvalue weighted by Crippen LogP contribution is -2.80. The lowest BCUT2D eigenvalue weighted by atomic mass is 10.2. The maximum atomic E-state index is 8.33. The van der Waals surface area contributed by atoms with E-state index in [1.54, 1.807) is 0 Å². The molecule has 4 aromatic rings. The number of benzene rings is 4. The minimum absolute atomic E-state index is 1.05. The number of carboxylic acid groups (broad SMARTS) is 2. The molecule has 4 aromatic carbocycles. The molecule has 0 saturated carbocycles. The molecule has 0 amide bonds. The van der Waals surface area contributed by atoms with Gasteiger partial charge in [-0.15, -0.1) is 0 Å². The number of hydrogen-bond acceptors (Lipinski definition) is 3. The Balaban J connectivity index is 0.000000208. The summed E-state index contributed by atoms with van der Waals surface area (Å²) in [4.78, 5) is 8.33. The number of rotatable bonds is 8. The van der Waals surface area contributed by atoms with Gasteiger partial charge in [0.15, 0.2) is 0 Å². The Morgan fingerprint density at radius 1 is 0.441 bits per heavy atom. The molecular weight excluding hydrogens is 424 g/mol. The Morgan fingerprint density at radius 2 is 0.618 bits per heavy atom. The molecule has 0 fully saturated rings. The summed E-state index contributed by atoms with van der Waals surface area (Å²) < 4.78 is 0. The van der Waals surface area contributed by atoms with Crippen LogP contribution < -0.4 is 20.8 Å². The van der Waals surface area contributed by atoms with Crippen molar-refractivity contribution in [3.8, 4) is 0 Å².